The van der Waals surface area contributed by atoms with Crippen molar-refractivity contribution in [2.24, 2.45) is 0 Å². The normalized spacial score (nSPS) is 18.1. The Kier molecular flexibility index (Phi) is 2.92. The van der Waals surface area contributed by atoms with Crippen molar-refractivity contribution >= 4 is 33.2 Å². The van der Waals surface area contributed by atoms with Crippen molar-refractivity contribution in [2.45, 2.75) is 31.8 Å². The summed E-state index contributed by atoms with van der Waals surface area (Å²) in [5.74, 6) is 2.72. The molecule has 0 saturated heterocycles. The molecule has 0 N–H and O–H groups in total. The molecule has 1 amide bonds. The van der Waals surface area contributed by atoms with Gasteiger partial charge in [0.25, 0.3) is 5.91 Å². The summed E-state index contributed by atoms with van der Waals surface area (Å²) < 4.78 is 3.18. The first-order valence-corrected chi connectivity index (χ1v) is 8.30. The molecular weight excluding hydrogens is 340 g/mol. The Morgan fingerprint density at radius 1 is 1.30 bits per heavy atom. The molecule has 1 aliphatic heterocycles. The predicted octanol–water partition coefficient (Wildman–Crippen LogP) is 2.64. The molecule has 1 aliphatic carbocycles. The van der Waals surface area contributed by atoms with Gasteiger partial charge in [0.2, 0.25) is 0 Å². The van der Waals surface area contributed by atoms with Gasteiger partial charge in [0.05, 0.1) is 15.2 Å². The number of thiophene rings is 1. The summed E-state index contributed by atoms with van der Waals surface area (Å²) in [5.41, 5.74) is 0. The molecule has 2 aromatic heterocycles. The van der Waals surface area contributed by atoms with Crippen molar-refractivity contribution < 1.29 is 4.79 Å². The van der Waals surface area contributed by atoms with Gasteiger partial charge in [-0.2, -0.15) is 0 Å². The number of carbonyl (C=O) groups excluding carboxylic acids is 1. The van der Waals surface area contributed by atoms with Crippen LogP contribution in [0.25, 0.3) is 0 Å². The lowest BCUT2D eigenvalue weighted by Crippen LogP contribution is -2.38. The molecule has 2 aliphatic rings. The van der Waals surface area contributed by atoms with Gasteiger partial charge in [-0.25, -0.2) is 0 Å². The van der Waals surface area contributed by atoms with Crippen LogP contribution in [0.5, 0.6) is 0 Å². The van der Waals surface area contributed by atoms with E-state index in [2.05, 4.69) is 30.7 Å². The summed E-state index contributed by atoms with van der Waals surface area (Å²) in [6.07, 6.45) is 2.45. The van der Waals surface area contributed by atoms with Gasteiger partial charge in [-0.1, -0.05) is 0 Å². The fourth-order valence-electron chi connectivity index (χ4n) is 2.58. The first kappa shape index (κ1) is 12.5. The number of hydrogen-bond donors (Lipinski definition) is 0. The molecule has 7 heteroatoms. The third-order valence-electron chi connectivity index (χ3n) is 3.80. The highest BCUT2D eigenvalue weighted by Crippen LogP contribution is 2.39. The smallest absolute Gasteiger partial charge is 0.264 e. The van der Waals surface area contributed by atoms with E-state index in [-0.39, 0.29) is 5.91 Å². The summed E-state index contributed by atoms with van der Waals surface area (Å²) in [7, 11) is 0. The molecule has 1 saturated carbocycles. The van der Waals surface area contributed by atoms with Crippen LogP contribution in [-0.4, -0.2) is 32.1 Å². The number of halogens is 1. The molecule has 0 radical (unpaired) electrons. The molecule has 5 nitrogen and oxygen atoms in total. The Balaban J connectivity index is 1.56. The van der Waals surface area contributed by atoms with Gasteiger partial charge in [-0.15, -0.1) is 21.5 Å². The fourth-order valence-corrected chi connectivity index (χ4v) is 3.94. The van der Waals surface area contributed by atoms with E-state index >= 15 is 0 Å². The molecule has 0 atom stereocenters. The highest BCUT2D eigenvalue weighted by Gasteiger charge is 2.33. The van der Waals surface area contributed by atoms with Gasteiger partial charge in [0.1, 0.15) is 5.82 Å². The molecule has 4 rings (SSSR count). The molecule has 0 aromatic carbocycles. The highest BCUT2D eigenvalue weighted by atomic mass is 79.9. The first-order valence-electron chi connectivity index (χ1n) is 6.69. The number of aromatic nitrogens is 3. The number of amides is 1. The molecule has 2 aromatic rings. The second kappa shape index (κ2) is 4.66. The van der Waals surface area contributed by atoms with Crippen LogP contribution in [0.2, 0.25) is 0 Å². The maximum absolute atomic E-state index is 12.4. The minimum Gasteiger partial charge on any atom is -0.329 e. The molecule has 1 fully saturated rings. The molecule has 0 bridgehead atoms. The van der Waals surface area contributed by atoms with Gasteiger partial charge in [-0.05, 0) is 40.9 Å². The Labute approximate surface area is 128 Å². The van der Waals surface area contributed by atoms with E-state index in [9.17, 15) is 4.79 Å². The van der Waals surface area contributed by atoms with Crippen LogP contribution in [0.4, 0.5) is 0 Å². The lowest BCUT2D eigenvalue weighted by atomic mass is 10.3. The van der Waals surface area contributed by atoms with Gasteiger partial charge in [-0.3, -0.25) is 4.79 Å². The average molecular weight is 353 g/mol. The van der Waals surface area contributed by atoms with Crippen LogP contribution < -0.4 is 0 Å². The maximum atomic E-state index is 12.4. The van der Waals surface area contributed by atoms with Crippen LogP contribution >= 0.6 is 27.3 Å². The number of rotatable bonds is 2. The molecule has 104 valence electrons. The van der Waals surface area contributed by atoms with Gasteiger partial charge < -0.3 is 9.47 Å². The van der Waals surface area contributed by atoms with E-state index in [0.717, 1.165) is 33.4 Å². The molecule has 0 spiro atoms. The number of nitrogens with zero attached hydrogens (tertiary/aromatic N) is 4. The fraction of sp³-hybridized carbons (Fsp3) is 0.462. The van der Waals surface area contributed by atoms with Crippen molar-refractivity contribution in [1.82, 2.24) is 19.7 Å². The molecule has 20 heavy (non-hydrogen) atoms. The predicted molar refractivity (Wildman–Crippen MR) is 78.8 cm³/mol. The average Bonchev–Trinajstić information content (AvgIpc) is 3.07. The minimum absolute atomic E-state index is 0.0860. The van der Waals surface area contributed by atoms with E-state index in [0.29, 0.717) is 12.5 Å². The number of hydrogen-bond acceptors (Lipinski definition) is 4. The van der Waals surface area contributed by atoms with Crippen LogP contribution in [0.15, 0.2) is 15.9 Å². The topological polar surface area (TPSA) is 51.0 Å². The Hall–Kier alpha value is -1.21. The lowest BCUT2D eigenvalue weighted by molar-refractivity contribution is 0.0711. The molecule has 3 heterocycles. The molecular formula is C13H13BrN4OS. The summed E-state index contributed by atoms with van der Waals surface area (Å²) in [4.78, 5) is 15.1. The number of fused-ring (bicyclic) bond motifs is 1. The number of carbonyl (C=O) groups is 1. The van der Waals surface area contributed by atoms with E-state index < -0.39 is 0 Å². The van der Waals surface area contributed by atoms with Crippen molar-refractivity contribution in [3.05, 3.63) is 32.4 Å². The van der Waals surface area contributed by atoms with E-state index in [1.165, 1.54) is 24.2 Å². The third-order valence-corrected chi connectivity index (χ3v) is 5.41. The zero-order valence-corrected chi connectivity index (χ0v) is 13.2. The zero-order valence-electron chi connectivity index (χ0n) is 10.8. The van der Waals surface area contributed by atoms with Crippen molar-refractivity contribution in [1.29, 1.82) is 0 Å². The summed E-state index contributed by atoms with van der Waals surface area (Å²) in [6, 6.07) is 3.78. The van der Waals surface area contributed by atoms with Gasteiger partial charge in [0, 0.05) is 19.0 Å². The van der Waals surface area contributed by atoms with Crippen molar-refractivity contribution in [3.8, 4) is 0 Å². The minimum atomic E-state index is 0.0860. The standard InChI is InChI=1S/C13H13BrN4OS/c14-10-4-3-9(20-10)13(19)17-5-6-18-11(7-17)15-16-12(18)8-1-2-8/h3-4,8H,1-2,5-7H2. The van der Waals surface area contributed by atoms with Gasteiger partial charge >= 0.3 is 0 Å². The summed E-state index contributed by atoms with van der Waals surface area (Å²) in [5, 5.41) is 8.56. The Morgan fingerprint density at radius 2 is 2.15 bits per heavy atom. The maximum Gasteiger partial charge on any atom is 0.264 e. The van der Waals surface area contributed by atoms with Crippen LogP contribution in [0.1, 0.15) is 40.1 Å². The Bertz CT molecular complexity index is 676. The van der Waals surface area contributed by atoms with Crippen molar-refractivity contribution in [2.75, 3.05) is 6.54 Å². The summed E-state index contributed by atoms with van der Waals surface area (Å²) >= 11 is 4.87. The second-order valence-electron chi connectivity index (χ2n) is 5.23. The van der Waals surface area contributed by atoms with Gasteiger partial charge in [0.15, 0.2) is 5.82 Å². The quantitative estimate of drug-likeness (QED) is 0.834. The third kappa shape index (κ3) is 2.09. The van der Waals surface area contributed by atoms with E-state index in [1.807, 2.05) is 17.0 Å². The van der Waals surface area contributed by atoms with Crippen LogP contribution in [-0.2, 0) is 13.1 Å². The molecule has 0 unspecified atom stereocenters. The lowest BCUT2D eigenvalue weighted by Gasteiger charge is -2.27. The highest BCUT2D eigenvalue weighted by molar-refractivity contribution is 9.11. The van der Waals surface area contributed by atoms with E-state index in [4.69, 9.17) is 0 Å². The largest absolute Gasteiger partial charge is 0.329 e. The van der Waals surface area contributed by atoms with Crippen LogP contribution in [0, 0.1) is 0 Å². The summed E-state index contributed by atoms with van der Waals surface area (Å²) in [6.45, 7) is 2.11. The zero-order chi connectivity index (χ0) is 13.7. The van der Waals surface area contributed by atoms with Crippen LogP contribution in [0.3, 0.4) is 0 Å². The second-order valence-corrected chi connectivity index (χ2v) is 7.69. The SMILES string of the molecule is O=C(c1ccc(Br)s1)N1CCn2c(nnc2C2CC2)C1. The van der Waals surface area contributed by atoms with Crippen molar-refractivity contribution in [3.63, 3.8) is 0 Å². The first-order chi connectivity index (χ1) is 9.72. The Morgan fingerprint density at radius 3 is 2.85 bits per heavy atom. The van der Waals surface area contributed by atoms with E-state index in [1.54, 1.807) is 0 Å². The monoisotopic (exact) mass is 352 g/mol.